The van der Waals surface area contributed by atoms with E-state index >= 15 is 0 Å². The number of carbonyl (C=O) groups is 3. The van der Waals surface area contributed by atoms with Crippen LogP contribution < -0.4 is 10.6 Å². The predicted octanol–water partition coefficient (Wildman–Crippen LogP) is 4.26. The van der Waals surface area contributed by atoms with Gasteiger partial charge in [-0.25, -0.2) is 4.79 Å². The summed E-state index contributed by atoms with van der Waals surface area (Å²) in [7, 11) is 0. The molecule has 1 aliphatic carbocycles. The number of hydrogen-bond donors (Lipinski definition) is 3. The summed E-state index contributed by atoms with van der Waals surface area (Å²) < 4.78 is 5.59. The number of benzene rings is 2. The summed E-state index contributed by atoms with van der Waals surface area (Å²) >= 11 is 1.56. The molecule has 0 saturated heterocycles. The summed E-state index contributed by atoms with van der Waals surface area (Å²) in [5.41, 5.74) is 4.51. The largest absolute Gasteiger partial charge is 0.481 e. The lowest BCUT2D eigenvalue weighted by Crippen LogP contribution is -2.51. The first-order valence-corrected chi connectivity index (χ1v) is 12.8. The van der Waals surface area contributed by atoms with Gasteiger partial charge in [0.15, 0.2) is 0 Å². The van der Waals surface area contributed by atoms with Gasteiger partial charge in [0.1, 0.15) is 12.6 Å². The van der Waals surface area contributed by atoms with Crippen LogP contribution >= 0.6 is 11.8 Å². The van der Waals surface area contributed by atoms with E-state index in [2.05, 4.69) is 22.8 Å². The van der Waals surface area contributed by atoms with Crippen molar-refractivity contribution in [3.8, 4) is 11.1 Å². The summed E-state index contributed by atoms with van der Waals surface area (Å²) in [6.07, 6.45) is 1.49. The Labute approximate surface area is 204 Å². The molecule has 3 N–H and O–H groups in total. The van der Waals surface area contributed by atoms with Gasteiger partial charge in [-0.15, -0.1) is 0 Å². The van der Waals surface area contributed by atoms with Crippen molar-refractivity contribution in [2.24, 2.45) is 5.92 Å². The quantitative estimate of drug-likeness (QED) is 0.440. The standard InChI is InChI=1S/C26H32N2O5S/c1-16(2)23(14-24(29)30)27-25(31)22(12-13-34-3)28-26(32)33-15-21-19-10-6-4-8-17(19)18-9-5-7-11-20(18)21/h4-11,16,21-23H,12-15H2,1-3H3,(H,27,31)(H,28,32)(H,29,30)/t22-,23?/m1/s1. The summed E-state index contributed by atoms with van der Waals surface area (Å²) in [5.74, 6) is -0.854. The van der Waals surface area contributed by atoms with Gasteiger partial charge in [-0.1, -0.05) is 62.4 Å². The summed E-state index contributed by atoms with van der Waals surface area (Å²) in [6, 6.07) is 14.8. The summed E-state index contributed by atoms with van der Waals surface area (Å²) in [6.45, 7) is 3.86. The first-order chi connectivity index (χ1) is 16.3. The molecule has 2 aromatic carbocycles. The number of carboxylic acid groups (broad SMARTS) is 1. The number of aliphatic carboxylic acids is 1. The van der Waals surface area contributed by atoms with Gasteiger partial charge >= 0.3 is 12.1 Å². The Bertz CT molecular complexity index is 980. The molecule has 0 aliphatic heterocycles. The van der Waals surface area contributed by atoms with E-state index in [1.807, 2.05) is 56.5 Å². The Kier molecular flexibility index (Phi) is 8.98. The van der Waals surface area contributed by atoms with E-state index in [0.717, 1.165) is 22.3 Å². The summed E-state index contributed by atoms with van der Waals surface area (Å²) in [5, 5.41) is 14.6. The SMILES string of the molecule is CSCC[C@@H](NC(=O)OCC1c2ccccc2-c2ccccc21)C(=O)NC(CC(=O)O)C(C)C. The minimum atomic E-state index is -0.982. The van der Waals surface area contributed by atoms with Crippen molar-refractivity contribution in [1.82, 2.24) is 10.6 Å². The fourth-order valence-electron chi connectivity index (χ4n) is 4.21. The lowest BCUT2D eigenvalue weighted by atomic mass is 9.98. The second-order valence-electron chi connectivity index (χ2n) is 8.76. The molecule has 1 unspecified atom stereocenters. The molecule has 7 nitrogen and oxygen atoms in total. The third kappa shape index (κ3) is 6.32. The Morgan fingerprint density at radius 2 is 1.59 bits per heavy atom. The molecule has 0 spiro atoms. The Hall–Kier alpha value is -3.00. The zero-order valence-electron chi connectivity index (χ0n) is 19.7. The van der Waals surface area contributed by atoms with Crippen LogP contribution in [-0.2, 0) is 14.3 Å². The number of nitrogens with one attached hydrogen (secondary N) is 2. The van der Waals surface area contributed by atoms with Gasteiger partial charge in [0.25, 0.3) is 0 Å². The van der Waals surface area contributed by atoms with Crippen LogP contribution in [0.1, 0.15) is 43.7 Å². The number of fused-ring (bicyclic) bond motifs is 3. The Balaban J connectivity index is 1.65. The average molecular weight is 485 g/mol. The fourth-order valence-corrected chi connectivity index (χ4v) is 4.68. The predicted molar refractivity (Wildman–Crippen MR) is 134 cm³/mol. The van der Waals surface area contributed by atoms with Crippen LogP contribution in [-0.4, -0.2) is 53.8 Å². The minimum absolute atomic E-state index is 0.0595. The number of alkyl carbamates (subject to hydrolysis) is 1. The molecule has 0 bridgehead atoms. The molecule has 1 aliphatic rings. The van der Waals surface area contributed by atoms with Crippen molar-refractivity contribution >= 4 is 29.7 Å². The van der Waals surface area contributed by atoms with Gasteiger partial charge < -0.3 is 20.5 Å². The van der Waals surface area contributed by atoms with Gasteiger partial charge in [-0.05, 0) is 46.6 Å². The Morgan fingerprint density at radius 3 is 2.12 bits per heavy atom. The minimum Gasteiger partial charge on any atom is -0.481 e. The maximum absolute atomic E-state index is 12.9. The number of rotatable bonds is 11. The third-order valence-corrected chi connectivity index (χ3v) is 6.73. The van der Waals surface area contributed by atoms with Crippen LogP contribution in [0.5, 0.6) is 0 Å². The van der Waals surface area contributed by atoms with Gasteiger partial charge in [-0.2, -0.15) is 11.8 Å². The molecule has 0 heterocycles. The van der Waals surface area contributed by atoms with Crippen molar-refractivity contribution in [2.45, 2.75) is 44.7 Å². The second kappa shape index (κ2) is 11.9. The number of thioether (sulfide) groups is 1. The van der Waals surface area contributed by atoms with E-state index in [1.54, 1.807) is 11.8 Å². The number of amides is 2. The van der Waals surface area contributed by atoms with Crippen LogP contribution in [0, 0.1) is 5.92 Å². The van der Waals surface area contributed by atoms with Gasteiger partial charge in [0.2, 0.25) is 5.91 Å². The van der Waals surface area contributed by atoms with Crippen LogP contribution in [0.15, 0.2) is 48.5 Å². The van der Waals surface area contributed by atoms with Crippen LogP contribution in [0.3, 0.4) is 0 Å². The van der Waals surface area contributed by atoms with E-state index in [0.29, 0.717) is 12.2 Å². The topological polar surface area (TPSA) is 105 Å². The smallest absolute Gasteiger partial charge is 0.407 e. The molecule has 8 heteroatoms. The van der Waals surface area contributed by atoms with Crippen LogP contribution in [0.25, 0.3) is 11.1 Å². The molecule has 0 radical (unpaired) electrons. The molecule has 182 valence electrons. The molecule has 0 aromatic heterocycles. The van der Waals surface area contributed by atoms with E-state index < -0.39 is 30.1 Å². The maximum Gasteiger partial charge on any atom is 0.407 e. The van der Waals surface area contributed by atoms with Gasteiger partial charge in [-0.3, -0.25) is 9.59 Å². The number of hydrogen-bond acceptors (Lipinski definition) is 5. The number of carbonyl (C=O) groups excluding carboxylic acids is 2. The highest BCUT2D eigenvalue weighted by Gasteiger charge is 2.30. The highest BCUT2D eigenvalue weighted by Crippen LogP contribution is 2.44. The number of ether oxygens (including phenoxy) is 1. The molecular formula is C26H32N2O5S. The Morgan fingerprint density at radius 1 is 1.00 bits per heavy atom. The van der Waals surface area contributed by atoms with Gasteiger partial charge in [0, 0.05) is 12.0 Å². The third-order valence-electron chi connectivity index (χ3n) is 6.09. The lowest BCUT2D eigenvalue weighted by molar-refractivity contribution is -0.138. The lowest BCUT2D eigenvalue weighted by Gasteiger charge is -2.25. The highest BCUT2D eigenvalue weighted by molar-refractivity contribution is 7.98. The zero-order chi connectivity index (χ0) is 24.7. The zero-order valence-corrected chi connectivity index (χ0v) is 20.6. The van der Waals surface area contributed by atoms with Crippen molar-refractivity contribution in [3.05, 3.63) is 59.7 Å². The summed E-state index contributed by atoms with van der Waals surface area (Å²) in [4.78, 5) is 36.7. The first-order valence-electron chi connectivity index (χ1n) is 11.4. The molecule has 0 saturated carbocycles. The molecule has 34 heavy (non-hydrogen) atoms. The molecule has 2 aromatic rings. The molecule has 2 amide bonds. The van der Waals surface area contributed by atoms with Gasteiger partial charge in [0.05, 0.1) is 6.42 Å². The maximum atomic E-state index is 12.9. The van der Waals surface area contributed by atoms with E-state index in [9.17, 15) is 14.4 Å². The van der Waals surface area contributed by atoms with Crippen molar-refractivity contribution in [3.63, 3.8) is 0 Å². The fraction of sp³-hybridized carbons (Fsp3) is 0.423. The van der Waals surface area contributed by atoms with Crippen LogP contribution in [0.2, 0.25) is 0 Å². The second-order valence-corrected chi connectivity index (χ2v) is 9.75. The van der Waals surface area contributed by atoms with E-state index in [-0.39, 0.29) is 24.9 Å². The van der Waals surface area contributed by atoms with Crippen molar-refractivity contribution in [2.75, 3.05) is 18.6 Å². The van der Waals surface area contributed by atoms with Crippen LogP contribution in [0.4, 0.5) is 4.79 Å². The monoisotopic (exact) mass is 484 g/mol. The highest BCUT2D eigenvalue weighted by atomic mass is 32.2. The first kappa shape index (κ1) is 25.6. The normalized spacial score (nSPS) is 14.1. The molecule has 0 fully saturated rings. The molecule has 3 rings (SSSR count). The van der Waals surface area contributed by atoms with Crippen molar-refractivity contribution in [1.29, 1.82) is 0 Å². The molecule has 2 atom stereocenters. The molecular weight excluding hydrogens is 452 g/mol. The number of carboxylic acids is 1. The average Bonchev–Trinajstić information content (AvgIpc) is 3.13. The van der Waals surface area contributed by atoms with Crippen molar-refractivity contribution < 1.29 is 24.2 Å². The van der Waals surface area contributed by atoms with E-state index in [1.165, 1.54) is 0 Å². The van der Waals surface area contributed by atoms with E-state index in [4.69, 9.17) is 9.84 Å².